The predicted molar refractivity (Wildman–Crippen MR) is 85.2 cm³/mol. The van der Waals surface area contributed by atoms with Crippen molar-refractivity contribution in [2.45, 2.75) is 39.5 Å². The van der Waals surface area contributed by atoms with Crippen LogP contribution in [0.25, 0.3) is 0 Å². The molecule has 0 fully saturated rings. The minimum absolute atomic E-state index is 0.0471. The van der Waals surface area contributed by atoms with Crippen molar-refractivity contribution in [2.75, 3.05) is 5.32 Å². The highest BCUT2D eigenvalue weighted by Crippen LogP contribution is 2.11. The van der Waals surface area contributed by atoms with Crippen LogP contribution in [-0.2, 0) is 24.5 Å². The third-order valence-electron chi connectivity index (χ3n) is 3.22. The van der Waals surface area contributed by atoms with Crippen molar-refractivity contribution in [3.05, 3.63) is 53.5 Å². The first-order valence-electron chi connectivity index (χ1n) is 7.49. The lowest BCUT2D eigenvalue weighted by atomic mass is 10.2. The number of carbonyl (C=O) groups is 1. The fourth-order valence-corrected chi connectivity index (χ4v) is 2.09. The van der Waals surface area contributed by atoms with Gasteiger partial charge < -0.3 is 20.2 Å². The fraction of sp³-hybridized carbons (Fsp3) is 0.353. The van der Waals surface area contributed by atoms with Crippen LogP contribution in [0.1, 0.15) is 36.8 Å². The summed E-state index contributed by atoms with van der Waals surface area (Å²) < 4.78 is 5.40. The van der Waals surface area contributed by atoms with Gasteiger partial charge in [-0.15, -0.1) is 0 Å². The quantitative estimate of drug-likeness (QED) is 0.701. The van der Waals surface area contributed by atoms with Crippen LogP contribution >= 0.6 is 0 Å². The van der Waals surface area contributed by atoms with Crippen LogP contribution in [-0.4, -0.2) is 11.0 Å². The van der Waals surface area contributed by atoms with Gasteiger partial charge in [0, 0.05) is 18.7 Å². The summed E-state index contributed by atoms with van der Waals surface area (Å²) in [5.74, 6) is 1.42. The molecule has 22 heavy (non-hydrogen) atoms. The molecule has 0 saturated carbocycles. The van der Waals surface area contributed by atoms with Gasteiger partial charge in [0.15, 0.2) is 0 Å². The average Bonchev–Trinajstić information content (AvgIpc) is 2.97. The van der Waals surface area contributed by atoms with Crippen LogP contribution in [0.4, 0.5) is 5.69 Å². The molecule has 5 heteroatoms. The monoisotopic (exact) mass is 302 g/mol. The van der Waals surface area contributed by atoms with Crippen molar-refractivity contribution in [2.24, 2.45) is 0 Å². The maximum absolute atomic E-state index is 11.5. The van der Waals surface area contributed by atoms with E-state index in [9.17, 15) is 4.79 Å². The maximum Gasteiger partial charge on any atom is 0.224 e. The van der Waals surface area contributed by atoms with Gasteiger partial charge in [0.2, 0.25) is 5.91 Å². The first-order valence-corrected chi connectivity index (χ1v) is 7.49. The van der Waals surface area contributed by atoms with E-state index >= 15 is 0 Å². The van der Waals surface area contributed by atoms with Crippen molar-refractivity contribution < 1.29 is 14.3 Å². The number of nitrogens with one attached hydrogen (secondary N) is 2. The molecule has 0 aliphatic rings. The van der Waals surface area contributed by atoms with Crippen molar-refractivity contribution in [1.82, 2.24) is 5.32 Å². The minimum atomic E-state index is -0.0782. The van der Waals surface area contributed by atoms with Gasteiger partial charge in [0.25, 0.3) is 0 Å². The number of furan rings is 1. The smallest absolute Gasteiger partial charge is 0.224 e. The zero-order valence-corrected chi connectivity index (χ0v) is 12.8. The molecule has 0 unspecified atom stereocenters. The second-order valence-electron chi connectivity index (χ2n) is 5.12. The summed E-state index contributed by atoms with van der Waals surface area (Å²) in [6.45, 7) is 3.22. The lowest BCUT2D eigenvalue weighted by molar-refractivity contribution is -0.116. The van der Waals surface area contributed by atoms with Crippen LogP contribution in [0.5, 0.6) is 0 Å². The Hall–Kier alpha value is -2.11. The lowest BCUT2D eigenvalue weighted by Crippen LogP contribution is -2.13. The molecule has 1 aromatic heterocycles. The number of benzene rings is 1. The largest absolute Gasteiger partial charge is 0.462 e. The van der Waals surface area contributed by atoms with E-state index in [2.05, 4.69) is 10.6 Å². The summed E-state index contributed by atoms with van der Waals surface area (Å²) in [7, 11) is 0. The number of aliphatic hydroxyl groups is 1. The normalized spacial score (nSPS) is 10.6. The van der Waals surface area contributed by atoms with Gasteiger partial charge in [-0.2, -0.15) is 0 Å². The van der Waals surface area contributed by atoms with Crippen LogP contribution in [0, 0.1) is 0 Å². The van der Waals surface area contributed by atoms with Crippen LogP contribution in [0.15, 0.2) is 40.8 Å². The third kappa shape index (κ3) is 5.02. The topological polar surface area (TPSA) is 74.5 Å². The molecule has 0 spiro atoms. The summed E-state index contributed by atoms with van der Waals surface area (Å²) in [4.78, 5) is 11.5. The molecular weight excluding hydrogens is 280 g/mol. The van der Waals surface area contributed by atoms with E-state index in [0.29, 0.717) is 25.3 Å². The molecule has 0 aliphatic carbocycles. The van der Waals surface area contributed by atoms with Gasteiger partial charge in [-0.3, -0.25) is 4.79 Å². The SMILES string of the molecule is CCCC(=O)Nc1ccc(CNCc2ccc(CO)o2)cc1. The van der Waals surface area contributed by atoms with E-state index in [-0.39, 0.29) is 12.5 Å². The summed E-state index contributed by atoms with van der Waals surface area (Å²) in [6, 6.07) is 11.4. The number of anilines is 1. The van der Waals surface area contributed by atoms with Gasteiger partial charge in [0.1, 0.15) is 18.1 Å². The molecule has 0 atom stereocenters. The maximum atomic E-state index is 11.5. The number of aliphatic hydroxyl groups excluding tert-OH is 1. The average molecular weight is 302 g/mol. The molecule has 0 radical (unpaired) electrons. The first kappa shape index (κ1) is 16.3. The Morgan fingerprint density at radius 3 is 2.45 bits per heavy atom. The highest BCUT2D eigenvalue weighted by Gasteiger charge is 2.02. The summed E-state index contributed by atoms with van der Waals surface area (Å²) in [5.41, 5.74) is 1.95. The first-order chi connectivity index (χ1) is 10.7. The van der Waals surface area contributed by atoms with E-state index < -0.39 is 0 Å². The van der Waals surface area contributed by atoms with Crippen molar-refractivity contribution >= 4 is 11.6 Å². The van der Waals surface area contributed by atoms with Crippen LogP contribution < -0.4 is 10.6 Å². The molecular formula is C17H22N2O3. The highest BCUT2D eigenvalue weighted by atomic mass is 16.4. The molecule has 1 amide bonds. The Morgan fingerprint density at radius 1 is 1.09 bits per heavy atom. The number of hydrogen-bond acceptors (Lipinski definition) is 4. The Bertz CT molecular complexity index is 590. The number of hydrogen-bond donors (Lipinski definition) is 3. The number of amides is 1. The molecule has 0 aliphatic heterocycles. The van der Waals surface area contributed by atoms with E-state index in [1.54, 1.807) is 6.07 Å². The van der Waals surface area contributed by atoms with Crippen molar-refractivity contribution in [3.63, 3.8) is 0 Å². The van der Waals surface area contributed by atoms with E-state index in [4.69, 9.17) is 9.52 Å². The van der Waals surface area contributed by atoms with Gasteiger partial charge >= 0.3 is 0 Å². The summed E-state index contributed by atoms with van der Waals surface area (Å²) in [5, 5.41) is 15.1. The molecule has 3 N–H and O–H groups in total. The lowest BCUT2D eigenvalue weighted by Gasteiger charge is -2.07. The zero-order chi connectivity index (χ0) is 15.8. The Balaban J connectivity index is 1.77. The Kier molecular flexibility index (Phi) is 6.18. The van der Waals surface area contributed by atoms with E-state index in [0.717, 1.165) is 23.4 Å². The Morgan fingerprint density at radius 2 is 1.82 bits per heavy atom. The molecule has 1 aromatic carbocycles. The van der Waals surface area contributed by atoms with Crippen molar-refractivity contribution in [1.29, 1.82) is 0 Å². The minimum Gasteiger partial charge on any atom is -0.462 e. The van der Waals surface area contributed by atoms with Gasteiger partial charge in [-0.1, -0.05) is 19.1 Å². The Labute approximate surface area is 130 Å². The van der Waals surface area contributed by atoms with Crippen molar-refractivity contribution in [3.8, 4) is 0 Å². The molecule has 2 aromatic rings. The summed E-state index contributed by atoms with van der Waals surface area (Å²) >= 11 is 0. The van der Waals surface area contributed by atoms with E-state index in [1.165, 1.54) is 0 Å². The predicted octanol–water partition coefficient (Wildman–Crippen LogP) is 2.80. The molecule has 5 nitrogen and oxygen atoms in total. The number of rotatable bonds is 8. The molecule has 0 saturated heterocycles. The summed E-state index contributed by atoms with van der Waals surface area (Å²) in [6.07, 6.45) is 1.39. The standard InChI is InChI=1S/C17H22N2O3/c1-2-3-17(21)19-14-6-4-13(5-7-14)10-18-11-15-8-9-16(12-20)22-15/h4-9,18,20H,2-3,10-12H2,1H3,(H,19,21). The van der Waals surface area contributed by atoms with Crippen LogP contribution in [0.2, 0.25) is 0 Å². The molecule has 1 heterocycles. The van der Waals surface area contributed by atoms with Gasteiger partial charge in [-0.05, 0) is 36.2 Å². The van der Waals surface area contributed by atoms with E-state index in [1.807, 2.05) is 37.3 Å². The second-order valence-corrected chi connectivity index (χ2v) is 5.12. The molecule has 0 bridgehead atoms. The second kappa shape index (κ2) is 8.36. The third-order valence-corrected chi connectivity index (χ3v) is 3.22. The highest BCUT2D eigenvalue weighted by molar-refractivity contribution is 5.90. The fourth-order valence-electron chi connectivity index (χ4n) is 2.09. The van der Waals surface area contributed by atoms with Crippen LogP contribution in [0.3, 0.4) is 0 Å². The zero-order valence-electron chi connectivity index (χ0n) is 12.8. The molecule has 118 valence electrons. The van der Waals surface area contributed by atoms with Gasteiger partial charge in [0.05, 0.1) is 6.54 Å². The molecule has 2 rings (SSSR count). The van der Waals surface area contributed by atoms with Gasteiger partial charge in [-0.25, -0.2) is 0 Å². The number of carbonyl (C=O) groups excluding carboxylic acids is 1.